The lowest BCUT2D eigenvalue weighted by molar-refractivity contribution is -0.0375. The van der Waals surface area contributed by atoms with Crippen LogP contribution in [0, 0.1) is 5.92 Å². The quantitative estimate of drug-likeness (QED) is 0.552. The number of hydrogen-bond acceptors (Lipinski definition) is 1. The molecule has 0 unspecified atom stereocenters. The third kappa shape index (κ3) is 1.93. The van der Waals surface area contributed by atoms with E-state index in [1.807, 2.05) is 12.2 Å². The molecule has 0 bridgehead atoms. The summed E-state index contributed by atoms with van der Waals surface area (Å²) in [5, 5.41) is 0. The molecule has 0 aromatic carbocycles. The Balaban J connectivity index is 2.46. The molecule has 0 aliphatic carbocycles. The van der Waals surface area contributed by atoms with E-state index in [0.717, 1.165) is 6.42 Å². The van der Waals surface area contributed by atoms with Gasteiger partial charge in [0.1, 0.15) is 0 Å². The first-order valence-corrected chi connectivity index (χ1v) is 4.18. The van der Waals surface area contributed by atoms with Crippen LogP contribution in [0.4, 0.5) is 0 Å². The van der Waals surface area contributed by atoms with E-state index in [1.54, 1.807) is 0 Å². The summed E-state index contributed by atoms with van der Waals surface area (Å²) in [5.41, 5.74) is 0. The van der Waals surface area contributed by atoms with Gasteiger partial charge in [-0.25, -0.2) is 0 Å². The fraction of sp³-hybridized carbons (Fsp3) is 0.600. The van der Waals surface area contributed by atoms with Gasteiger partial charge in [0.2, 0.25) is 0 Å². The van der Waals surface area contributed by atoms with Crippen molar-refractivity contribution in [2.45, 2.75) is 32.0 Å². The molecule has 11 heavy (non-hydrogen) atoms. The van der Waals surface area contributed by atoms with Crippen LogP contribution in [0.1, 0.15) is 19.8 Å². The molecule has 1 aliphatic rings. The Morgan fingerprint density at radius 3 is 2.45 bits per heavy atom. The lowest BCUT2D eigenvalue weighted by atomic mass is 9.93. The average Bonchev–Trinajstić information content (AvgIpc) is 2.04. The Morgan fingerprint density at radius 1 is 1.27 bits per heavy atom. The van der Waals surface area contributed by atoms with Gasteiger partial charge >= 0.3 is 0 Å². The summed E-state index contributed by atoms with van der Waals surface area (Å²) in [6.45, 7) is 9.60. The predicted molar refractivity (Wildman–Crippen MR) is 47.5 cm³/mol. The van der Waals surface area contributed by atoms with E-state index in [9.17, 15) is 0 Å². The monoisotopic (exact) mass is 152 g/mol. The average molecular weight is 152 g/mol. The van der Waals surface area contributed by atoms with Crippen molar-refractivity contribution in [2.75, 3.05) is 0 Å². The van der Waals surface area contributed by atoms with Crippen molar-refractivity contribution < 1.29 is 4.74 Å². The van der Waals surface area contributed by atoms with Crippen molar-refractivity contribution in [2.24, 2.45) is 5.92 Å². The standard InChI is InChI=1S/C10H16O/c1-4-9-6-7-10(5-2)11-8(9)3/h4-5,8-10H,1-2,6-7H2,3H3/t8-,9+,10+/m0/s1. The fourth-order valence-corrected chi connectivity index (χ4v) is 1.52. The second-order valence-corrected chi connectivity index (χ2v) is 3.09. The minimum absolute atomic E-state index is 0.265. The Kier molecular flexibility index (Phi) is 2.89. The summed E-state index contributed by atoms with van der Waals surface area (Å²) < 4.78 is 5.65. The van der Waals surface area contributed by atoms with Gasteiger partial charge < -0.3 is 4.74 Å². The number of ether oxygens (including phenoxy) is 1. The van der Waals surface area contributed by atoms with E-state index in [0.29, 0.717) is 12.0 Å². The Labute approximate surface area is 68.8 Å². The second kappa shape index (κ2) is 3.72. The molecule has 1 aliphatic heterocycles. The summed E-state index contributed by atoms with van der Waals surface area (Å²) in [7, 11) is 0. The van der Waals surface area contributed by atoms with Gasteiger partial charge in [-0.15, -0.1) is 13.2 Å². The number of rotatable bonds is 2. The van der Waals surface area contributed by atoms with Crippen molar-refractivity contribution in [3.8, 4) is 0 Å². The molecule has 0 saturated carbocycles. The maximum Gasteiger partial charge on any atom is 0.0757 e. The fourth-order valence-electron chi connectivity index (χ4n) is 1.52. The molecule has 0 radical (unpaired) electrons. The topological polar surface area (TPSA) is 9.23 Å². The Bertz CT molecular complexity index is 151. The summed E-state index contributed by atoms with van der Waals surface area (Å²) in [5.74, 6) is 0.534. The molecule has 1 nitrogen and oxygen atoms in total. The minimum atomic E-state index is 0.265. The molecule has 62 valence electrons. The molecule has 1 saturated heterocycles. The van der Waals surface area contributed by atoms with Crippen molar-refractivity contribution in [3.05, 3.63) is 25.3 Å². The van der Waals surface area contributed by atoms with Crippen LogP contribution in [-0.2, 0) is 4.74 Å². The van der Waals surface area contributed by atoms with Crippen molar-refractivity contribution in [1.82, 2.24) is 0 Å². The van der Waals surface area contributed by atoms with Crippen LogP contribution in [0.2, 0.25) is 0 Å². The molecular formula is C10H16O. The maximum atomic E-state index is 5.65. The van der Waals surface area contributed by atoms with Crippen LogP contribution >= 0.6 is 0 Å². The van der Waals surface area contributed by atoms with E-state index in [-0.39, 0.29) is 6.10 Å². The van der Waals surface area contributed by atoms with Crippen LogP contribution in [0.5, 0.6) is 0 Å². The summed E-state index contributed by atoms with van der Waals surface area (Å²) in [4.78, 5) is 0. The van der Waals surface area contributed by atoms with Crippen LogP contribution < -0.4 is 0 Å². The van der Waals surface area contributed by atoms with Crippen molar-refractivity contribution in [1.29, 1.82) is 0 Å². The zero-order valence-electron chi connectivity index (χ0n) is 7.12. The minimum Gasteiger partial charge on any atom is -0.371 e. The molecule has 0 amide bonds. The first-order chi connectivity index (χ1) is 5.27. The van der Waals surface area contributed by atoms with E-state index in [4.69, 9.17) is 4.74 Å². The highest BCUT2D eigenvalue weighted by Crippen LogP contribution is 2.25. The van der Waals surface area contributed by atoms with Gasteiger partial charge in [-0.05, 0) is 19.8 Å². The van der Waals surface area contributed by atoms with Gasteiger partial charge in [0.15, 0.2) is 0 Å². The van der Waals surface area contributed by atoms with Crippen LogP contribution in [0.3, 0.4) is 0 Å². The third-order valence-corrected chi connectivity index (χ3v) is 2.34. The van der Waals surface area contributed by atoms with Crippen LogP contribution in [0.25, 0.3) is 0 Å². The maximum absolute atomic E-state index is 5.65. The first kappa shape index (κ1) is 8.54. The summed E-state index contributed by atoms with van der Waals surface area (Å²) >= 11 is 0. The largest absolute Gasteiger partial charge is 0.371 e. The van der Waals surface area contributed by atoms with E-state index in [1.165, 1.54) is 6.42 Å². The molecule has 0 aromatic rings. The molecule has 3 atom stereocenters. The summed E-state index contributed by atoms with van der Waals surface area (Å²) in [6, 6.07) is 0. The smallest absolute Gasteiger partial charge is 0.0757 e. The molecule has 1 fully saturated rings. The number of hydrogen-bond donors (Lipinski definition) is 0. The zero-order valence-corrected chi connectivity index (χ0v) is 7.12. The van der Waals surface area contributed by atoms with Crippen LogP contribution in [-0.4, -0.2) is 12.2 Å². The molecule has 1 heteroatoms. The van der Waals surface area contributed by atoms with Gasteiger partial charge in [0.25, 0.3) is 0 Å². The SMILES string of the molecule is C=C[C@@H]1CC[C@@H](C=C)[C@H](C)O1. The highest BCUT2D eigenvalue weighted by Gasteiger charge is 2.23. The summed E-state index contributed by atoms with van der Waals surface area (Å²) in [6.07, 6.45) is 6.72. The van der Waals surface area contributed by atoms with Crippen molar-refractivity contribution >= 4 is 0 Å². The predicted octanol–water partition coefficient (Wildman–Crippen LogP) is 2.54. The van der Waals surface area contributed by atoms with Crippen LogP contribution in [0.15, 0.2) is 25.3 Å². The zero-order chi connectivity index (χ0) is 8.27. The first-order valence-electron chi connectivity index (χ1n) is 4.18. The molecule has 0 spiro atoms. The van der Waals surface area contributed by atoms with Gasteiger partial charge in [-0.2, -0.15) is 0 Å². The molecule has 0 N–H and O–H groups in total. The molecular weight excluding hydrogens is 136 g/mol. The second-order valence-electron chi connectivity index (χ2n) is 3.09. The lowest BCUT2D eigenvalue weighted by Gasteiger charge is -2.31. The molecule has 1 rings (SSSR count). The normalized spacial score (nSPS) is 38.1. The Morgan fingerprint density at radius 2 is 2.00 bits per heavy atom. The molecule has 0 aromatic heterocycles. The van der Waals surface area contributed by atoms with Gasteiger partial charge in [-0.1, -0.05) is 12.2 Å². The third-order valence-electron chi connectivity index (χ3n) is 2.34. The highest BCUT2D eigenvalue weighted by atomic mass is 16.5. The lowest BCUT2D eigenvalue weighted by Crippen LogP contribution is -2.30. The van der Waals surface area contributed by atoms with Crippen molar-refractivity contribution in [3.63, 3.8) is 0 Å². The van der Waals surface area contributed by atoms with E-state index in [2.05, 4.69) is 20.1 Å². The van der Waals surface area contributed by atoms with Gasteiger partial charge in [0.05, 0.1) is 12.2 Å². The highest BCUT2D eigenvalue weighted by molar-refractivity contribution is 4.92. The van der Waals surface area contributed by atoms with E-state index < -0.39 is 0 Å². The Hall–Kier alpha value is -0.560. The van der Waals surface area contributed by atoms with Gasteiger partial charge in [-0.3, -0.25) is 0 Å². The van der Waals surface area contributed by atoms with Gasteiger partial charge in [0, 0.05) is 5.92 Å². The van der Waals surface area contributed by atoms with E-state index >= 15 is 0 Å². The molecule has 1 heterocycles.